The van der Waals surface area contributed by atoms with E-state index < -0.39 is 6.04 Å². The standard InChI is InChI=1S/C19H30ClN3O2.ClH/c1-12(2)16(21)10-11-23(5)19(25)17(13(3)4)22-18(24)14-6-8-15(20)9-7-14;/h6-9,12-13,16-17H,10-11,21H2,1-5H3,(H,22,24);1H. The van der Waals surface area contributed by atoms with Crippen LogP contribution in [0.1, 0.15) is 44.5 Å². The molecular weight excluding hydrogens is 373 g/mol. The lowest BCUT2D eigenvalue weighted by Gasteiger charge is -2.28. The number of carbonyl (C=O) groups is 2. The summed E-state index contributed by atoms with van der Waals surface area (Å²) in [5, 5.41) is 3.40. The second-order valence-electron chi connectivity index (χ2n) is 7.16. The van der Waals surface area contributed by atoms with E-state index in [0.717, 1.165) is 6.42 Å². The highest BCUT2D eigenvalue weighted by Crippen LogP contribution is 2.12. The van der Waals surface area contributed by atoms with Crippen molar-refractivity contribution in [1.29, 1.82) is 0 Å². The smallest absolute Gasteiger partial charge is 0.251 e. The molecule has 7 heteroatoms. The molecule has 2 unspecified atom stereocenters. The van der Waals surface area contributed by atoms with Crippen molar-refractivity contribution in [1.82, 2.24) is 10.2 Å². The third-order valence-electron chi connectivity index (χ3n) is 4.36. The first kappa shape index (κ1) is 24.7. The summed E-state index contributed by atoms with van der Waals surface area (Å²) in [6, 6.07) is 6.07. The van der Waals surface area contributed by atoms with Gasteiger partial charge in [0.1, 0.15) is 6.04 Å². The van der Waals surface area contributed by atoms with Gasteiger partial charge in [-0.25, -0.2) is 0 Å². The second kappa shape index (κ2) is 11.4. The van der Waals surface area contributed by atoms with Gasteiger partial charge in [-0.15, -0.1) is 12.4 Å². The lowest BCUT2D eigenvalue weighted by Crippen LogP contribution is -2.50. The highest BCUT2D eigenvalue weighted by Gasteiger charge is 2.27. The zero-order chi connectivity index (χ0) is 19.1. The minimum absolute atomic E-state index is 0. The molecular formula is C19H31Cl2N3O2. The summed E-state index contributed by atoms with van der Waals surface area (Å²) < 4.78 is 0. The molecule has 3 N–H and O–H groups in total. The van der Waals surface area contributed by atoms with Gasteiger partial charge in [-0.3, -0.25) is 9.59 Å². The van der Waals surface area contributed by atoms with Crippen molar-refractivity contribution in [3.8, 4) is 0 Å². The zero-order valence-electron chi connectivity index (χ0n) is 16.2. The number of amides is 2. The monoisotopic (exact) mass is 403 g/mol. The number of hydrogen-bond donors (Lipinski definition) is 2. The Labute approximate surface area is 168 Å². The largest absolute Gasteiger partial charge is 0.344 e. The van der Waals surface area contributed by atoms with Gasteiger partial charge in [0.2, 0.25) is 5.91 Å². The van der Waals surface area contributed by atoms with Crippen LogP contribution in [0, 0.1) is 11.8 Å². The van der Waals surface area contributed by atoms with Crippen LogP contribution in [0.25, 0.3) is 0 Å². The summed E-state index contributed by atoms with van der Waals surface area (Å²) in [4.78, 5) is 26.8. The molecule has 0 radical (unpaired) electrons. The van der Waals surface area contributed by atoms with Gasteiger partial charge in [0.25, 0.3) is 5.91 Å². The quantitative estimate of drug-likeness (QED) is 0.698. The molecule has 148 valence electrons. The van der Waals surface area contributed by atoms with E-state index in [4.69, 9.17) is 17.3 Å². The molecule has 0 heterocycles. The lowest BCUT2D eigenvalue weighted by molar-refractivity contribution is -0.133. The molecule has 5 nitrogen and oxygen atoms in total. The van der Waals surface area contributed by atoms with E-state index in [0.29, 0.717) is 23.0 Å². The van der Waals surface area contributed by atoms with E-state index in [1.165, 1.54) is 0 Å². The Morgan fingerprint density at radius 3 is 2.12 bits per heavy atom. The van der Waals surface area contributed by atoms with Crippen LogP contribution in [0.5, 0.6) is 0 Å². The first-order chi connectivity index (χ1) is 11.6. The second-order valence-corrected chi connectivity index (χ2v) is 7.59. The van der Waals surface area contributed by atoms with E-state index in [9.17, 15) is 9.59 Å². The van der Waals surface area contributed by atoms with Gasteiger partial charge in [0.15, 0.2) is 0 Å². The Kier molecular flexibility index (Phi) is 10.8. The van der Waals surface area contributed by atoms with Crippen LogP contribution in [0.2, 0.25) is 5.02 Å². The molecule has 0 saturated heterocycles. The van der Waals surface area contributed by atoms with Crippen molar-refractivity contribution < 1.29 is 9.59 Å². The first-order valence-corrected chi connectivity index (χ1v) is 9.08. The van der Waals surface area contributed by atoms with Gasteiger partial charge in [0, 0.05) is 30.2 Å². The number of rotatable bonds is 8. The number of nitrogens with zero attached hydrogens (tertiary/aromatic N) is 1. The predicted molar refractivity (Wildman–Crippen MR) is 110 cm³/mol. The van der Waals surface area contributed by atoms with Crippen molar-refractivity contribution >= 4 is 35.8 Å². The van der Waals surface area contributed by atoms with Crippen molar-refractivity contribution in [2.75, 3.05) is 13.6 Å². The fraction of sp³-hybridized carbons (Fsp3) is 0.579. The van der Waals surface area contributed by atoms with Crippen LogP contribution >= 0.6 is 24.0 Å². The molecule has 0 spiro atoms. The molecule has 0 aliphatic heterocycles. The molecule has 1 aromatic rings. The normalized spacial score (nSPS) is 13.1. The molecule has 2 amide bonds. The van der Waals surface area contributed by atoms with E-state index in [-0.39, 0.29) is 36.2 Å². The molecule has 1 rings (SSSR count). The fourth-order valence-electron chi connectivity index (χ4n) is 2.36. The Balaban J connectivity index is 0.00000625. The zero-order valence-corrected chi connectivity index (χ0v) is 17.7. The molecule has 0 saturated carbocycles. The Bertz CT molecular complexity index is 577. The minimum atomic E-state index is -0.580. The van der Waals surface area contributed by atoms with E-state index in [1.807, 2.05) is 13.8 Å². The van der Waals surface area contributed by atoms with Crippen LogP contribution < -0.4 is 11.1 Å². The van der Waals surface area contributed by atoms with Crippen molar-refractivity contribution in [3.63, 3.8) is 0 Å². The van der Waals surface area contributed by atoms with Gasteiger partial charge in [-0.2, -0.15) is 0 Å². The number of nitrogens with one attached hydrogen (secondary N) is 1. The van der Waals surface area contributed by atoms with Gasteiger partial charge in [-0.1, -0.05) is 39.3 Å². The highest BCUT2D eigenvalue weighted by atomic mass is 35.5. The van der Waals surface area contributed by atoms with Gasteiger partial charge in [0.05, 0.1) is 0 Å². The minimum Gasteiger partial charge on any atom is -0.344 e. The number of hydrogen-bond acceptors (Lipinski definition) is 3. The molecule has 0 aromatic heterocycles. The van der Waals surface area contributed by atoms with E-state index >= 15 is 0 Å². The van der Waals surface area contributed by atoms with Gasteiger partial charge >= 0.3 is 0 Å². The molecule has 0 fully saturated rings. The number of halogens is 2. The molecule has 0 aliphatic carbocycles. The molecule has 26 heavy (non-hydrogen) atoms. The van der Waals surface area contributed by atoms with Crippen molar-refractivity contribution in [3.05, 3.63) is 34.9 Å². The Morgan fingerprint density at radius 2 is 1.65 bits per heavy atom. The average molecular weight is 404 g/mol. The number of carbonyl (C=O) groups excluding carboxylic acids is 2. The summed E-state index contributed by atoms with van der Waals surface area (Å²) in [5.41, 5.74) is 6.53. The number of nitrogens with two attached hydrogens (primary N) is 1. The fourth-order valence-corrected chi connectivity index (χ4v) is 2.49. The van der Waals surface area contributed by atoms with Crippen LogP contribution in [0.4, 0.5) is 0 Å². The SMILES string of the molecule is CC(C)C(N)CCN(C)C(=O)C(NC(=O)c1ccc(Cl)cc1)C(C)C.Cl. The Morgan fingerprint density at radius 1 is 1.12 bits per heavy atom. The maximum atomic E-state index is 12.7. The van der Waals surface area contributed by atoms with Crippen LogP contribution in [-0.2, 0) is 4.79 Å². The van der Waals surface area contributed by atoms with Crippen LogP contribution in [-0.4, -0.2) is 42.4 Å². The average Bonchev–Trinajstić information content (AvgIpc) is 2.56. The lowest BCUT2D eigenvalue weighted by atomic mass is 10.00. The Hall–Kier alpha value is -1.30. The summed E-state index contributed by atoms with van der Waals surface area (Å²) >= 11 is 5.84. The summed E-state index contributed by atoms with van der Waals surface area (Å²) in [6.45, 7) is 8.53. The van der Waals surface area contributed by atoms with Crippen LogP contribution in [0.3, 0.4) is 0 Å². The molecule has 0 bridgehead atoms. The first-order valence-electron chi connectivity index (χ1n) is 8.70. The van der Waals surface area contributed by atoms with Gasteiger partial charge < -0.3 is 16.0 Å². The summed E-state index contributed by atoms with van der Waals surface area (Å²) in [7, 11) is 1.75. The maximum Gasteiger partial charge on any atom is 0.251 e. The van der Waals surface area contributed by atoms with Crippen molar-refractivity contribution in [2.45, 2.75) is 46.2 Å². The van der Waals surface area contributed by atoms with E-state index in [1.54, 1.807) is 36.2 Å². The number of benzene rings is 1. The maximum absolute atomic E-state index is 12.7. The third kappa shape index (κ3) is 7.52. The molecule has 0 aliphatic rings. The van der Waals surface area contributed by atoms with E-state index in [2.05, 4.69) is 19.2 Å². The third-order valence-corrected chi connectivity index (χ3v) is 4.61. The summed E-state index contributed by atoms with van der Waals surface area (Å²) in [5.74, 6) is -0.0387. The van der Waals surface area contributed by atoms with Crippen LogP contribution in [0.15, 0.2) is 24.3 Å². The summed E-state index contributed by atoms with van der Waals surface area (Å²) in [6.07, 6.45) is 0.732. The highest BCUT2D eigenvalue weighted by molar-refractivity contribution is 6.30. The van der Waals surface area contributed by atoms with Crippen molar-refractivity contribution in [2.24, 2.45) is 17.6 Å². The molecule has 1 aromatic carbocycles. The molecule has 2 atom stereocenters. The number of likely N-dealkylation sites (N-methyl/N-ethyl adjacent to an activating group) is 1. The predicted octanol–water partition coefficient (Wildman–Crippen LogP) is 3.35. The topological polar surface area (TPSA) is 75.4 Å². The van der Waals surface area contributed by atoms with Gasteiger partial charge in [-0.05, 0) is 42.5 Å².